The minimum absolute atomic E-state index is 0.0539. The first-order chi connectivity index (χ1) is 14.0. The van der Waals surface area contributed by atoms with Gasteiger partial charge in [0.1, 0.15) is 0 Å². The summed E-state index contributed by atoms with van der Waals surface area (Å²) in [5.41, 5.74) is 2.18. The van der Waals surface area contributed by atoms with Crippen molar-refractivity contribution in [3.05, 3.63) is 47.5 Å². The fourth-order valence-electron chi connectivity index (χ4n) is 3.01. The SMILES string of the molecule is CCN1C(=O)/C(=N/N=C\c2cc(OC)c(OC(F)F)c(OC)c2)c2ccccc21. The number of methoxy groups -OCH3 is 2. The smallest absolute Gasteiger partial charge is 0.387 e. The fraction of sp³-hybridized carbons (Fsp3) is 0.250. The van der Waals surface area contributed by atoms with E-state index >= 15 is 0 Å². The van der Waals surface area contributed by atoms with Gasteiger partial charge in [-0.1, -0.05) is 18.2 Å². The Morgan fingerprint density at radius 1 is 1.14 bits per heavy atom. The van der Waals surface area contributed by atoms with Crippen molar-refractivity contribution in [1.29, 1.82) is 0 Å². The highest BCUT2D eigenvalue weighted by Crippen LogP contribution is 2.39. The zero-order valence-electron chi connectivity index (χ0n) is 16.1. The average Bonchev–Trinajstić information content (AvgIpc) is 2.99. The molecule has 1 heterocycles. The van der Waals surface area contributed by atoms with E-state index in [0.717, 1.165) is 5.69 Å². The predicted octanol–water partition coefficient (Wildman–Crippen LogP) is 3.49. The van der Waals surface area contributed by atoms with Gasteiger partial charge in [0.2, 0.25) is 5.75 Å². The summed E-state index contributed by atoms with van der Waals surface area (Å²) >= 11 is 0. The molecule has 152 valence electrons. The number of likely N-dealkylation sites (N-methyl/N-ethyl adjacent to an activating group) is 1. The molecule has 0 radical (unpaired) electrons. The van der Waals surface area contributed by atoms with E-state index in [-0.39, 0.29) is 28.9 Å². The highest BCUT2D eigenvalue weighted by atomic mass is 19.3. The van der Waals surface area contributed by atoms with E-state index in [9.17, 15) is 13.6 Å². The lowest BCUT2D eigenvalue weighted by molar-refractivity contribution is -0.112. The van der Waals surface area contributed by atoms with E-state index in [2.05, 4.69) is 14.9 Å². The van der Waals surface area contributed by atoms with Gasteiger partial charge in [0.25, 0.3) is 5.91 Å². The van der Waals surface area contributed by atoms with Crippen molar-refractivity contribution in [2.75, 3.05) is 25.7 Å². The number of carbonyl (C=O) groups excluding carboxylic acids is 1. The van der Waals surface area contributed by atoms with Crippen LogP contribution in [0.15, 0.2) is 46.6 Å². The van der Waals surface area contributed by atoms with Crippen LogP contribution in [-0.2, 0) is 4.79 Å². The van der Waals surface area contributed by atoms with Gasteiger partial charge >= 0.3 is 6.61 Å². The molecule has 9 heteroatoms. The number of fused-ring (bicyclic) bond motifs is 1. The Kier molecular flexibility index (Phi) is 6.06. The Morgan fingerprint density at radius 3 is 2.38 bits per heavy atom. The summed E-state index contributed by atoms with van der Waals surface area (Å²) in [5.74, 6) is -0.343. The number of halogens is 2. The number of carbonyl (C=O) groups is 1. The molecule has 0 spiro atoms. The third-order valence-corrected chi connectivity index (χ3v) is 4.27. The van der Waals surface area contributed by atoms with Gasteiger partial charge in [-0.05, 0) is 25.1 Å². The second-order valence-electron chi connectivity index (χ2n) is 5.89. The summed E-state index contributed by atoms with van der Waals surface area (Å²) in [6.07, 6.45) is 1.37. The zero-order chi connectivity index (χ0) is 21.0. The maximum Gasteiger partial charge on any atom is 0.387 e. The van der Waals surface area contributed by atoms with Crippen LogP contribution in [0.5, 0.6) is 17.2 Å². The third kappa shape index (κ3) is 4.03. The molecule has 29 heavy (non-hydrogen) atoms. The molecule has 3 rings (SSSR count). The highest BCUT2D eigenvalue weighted by molar-refractivity contribution is 6.54. The molecule has 7 nitrogen and oxygen atoms in total. The first kappa shape index (κ1) is 20.2. The molecule has 2 aromatic carbocycles. The molecule has 0 unspecified atom stereocenters. The van der Waals surface area contributed by atoms with Crippen LogP contribution >= 0.6 is 0 Å². The number of nitrogens with zero attached hydrogens (tertiary/aromatic N) is 3. The topological polar surface area (TPSA) is 72.7 Å². The van der Waals surface area contributed by atoms with Crippen LogP contribution in [0.25, 0.3) is 0 Å². The molecular weight excluding hydrogens is 384 g/mol. The van der Waals surface area contributed by atoms with E-state index in [1.54, 1.807) is 11.0 Å². The molecule has 0 aromatic heterocycles. The summed E-state index contributed by atoms with van der Waals surface area (Å²) in [7, 11) is 2.64. The van der Waals surface area contributed by atoms with Crippen LogP contribution < -0.4 is 19.1 Å². The van der Waals surface area contributed by atoms with Gasteiger partial charge in [0.05, 0.1) is 26.1 Å². The Bertz CT molecular complexity index is 951. The highest BCUT2D eigenvalue weighted by Gasteiger charge is 2.32. The molecule has 0 fully saturated rings. The van der Waals surface area contributed by atoms with Crippen molar-refractivity contribution in [1.82, 2.24) is 0 Å². The number of benzene rings is 2. The number of para-hydroxylation sites is 1. The van der Waals surface area contributed by atoms with Crippen molar-refractivity contribution >= 4 is 23.5 Å². The van der Waals surface area contributed by atoms with Crippen LogP contribution in [0.4, 0.5) is 14.5 Å². The Morgan fingerprint density at radius 2 is 1.79 bits per heavy atom. The number of hydrogen-bond donors (Lipinski definition) is 0. The van der Waals surface area contributed by atoms with Gasteiger partial charge in [-0.3, -0.25) is 4.79 Å². The molecule has 0 saturated carbocycles. The fourth-order valence-corrected chi connectivity index (χ4v) is 3.01. The molecular formula is C20H19F2N3O4. The van der Waals surface area contributed by atoms with Crippen molar-refractivity contribution < 1.29 is 27.8 Å². The zero-order valence-corrected chi connectivity index (χ0v) is 16.1. The number of hydrogen-bond acceptors (Lipinski definition) is 6. The van der Waals surface area contributed by atoms with Gasteiger partial charge in [-0.2, -0.15) is 13.9 Å². The summed E-state index contributed by atoms with van der Waals surface area (Å²) in [4.78, 5) is 14.2. The number of anilines is 1. The van der Waals surface area contributed by atoms with Crippen molar-refractivity contribution in [3.63, 3.8) is 0 Å². The van der Waals surface area contributed by atoms with E-state index in [4.69, 9.17) is 9.47 Å². The Labute approximate surface area is 166 Å². The van der Waals surface area contributed by atoms with Crippen LogP contribution in [0.2, 0.25) is 0 Å². The lowest BCUT2D eigenvalue weighted by Gasteiger charge is -2.14. The minimum Gasteiger partial charge on any atom is -0.493 e. The average molecular weight is 403 g/mol. The Balaban J connectivity index is 1.93. The van der Waals surface area contributed by atoms with Gasteiger partial charge in [-0.25, -0.2) is 0 Å². The van der Waals surface area contributed by atoms with Crippen LogP contribution in [-0.4, -0.2) is 45.2 Å². The molecule has 0 bridgehead atoms. The molecule has 1 aliphatic rings. The molecule has 1 amide bonds. The second-order valence-corrected chi connectivity index (χ2v) is 5.89. The number of alkyl halides is 2. The number of ether oxygens (including phenoxy) is 3. The summed E-state index contributed by atoms with van der Waals surface area (Å²) < 4.78 is 39.9. The Hall–Kier alpha value is -3.49. The lowest BCUT2D eigenvalue weighted by atomic mass is 10.1. The van der Waals surface area contributed by atoms with E-state index in [1.807, 2.05) is 25.1 Å². The third-order valence-electron chi connectivity index (χ3n) is 4.27. The number of rotatable bonds is 7. The second kappa shape index (κ2) is 8.68. The number of amides is 1. The van der Waals surface area contributed by atoms with Crippen molar-refractivity contribution in [2.45, 2.75) is 13.5 Å². The van der Waals surface area contributed by atoms with Gasteiger partial charge < -0.3 is 19.1 Å². The molecule has 0 saturated heterocycles. The summed E-state index contributed by atoms with van der Waals surface area (Å²) in [5, 5.41) is 8.08. The minimum atomic E-state index is -3.03. The van der Waals surface area contributed by atoms with Gasteiger partial charge in [0, 0.05) is 17.7 Å². The van der Waals surface area contributed by atoms with Gasteiger partial charge in [-0.15, -0.1) is 5.10 Å². The van der Waals surface area contributed by atoms with Crippen molar-refractivity contribution in [2.24, 2.45) is 10.2 Å². The predicted molar refractivity (Wildman–Crippen MR) is 105 cm³/mol. The van der Waals surface area contributed by atoms with Crippen molar-refractivity contribution in [3.8, 4) is 17.2 Å². The maximum absolute atomic E-state index is 12.6. The van der Waals surface area contributed by atoms with Crippen LogP contribution in [0, 0.1) is 0 Å². The molecule has 0 atom stereocenters. The summed E-state index contributed by atoms with van der Waals surface area (Å²) in [6, 6.07) is 10.2. The standard InChI is InChI=1S/C20H19F2N3O4/c1-4-25-14-8-6-5-7-13(14)17(19(25)26)24-23-11-12-9-15(27-2)18(29-20(21)22)16(10-12)28-3/h5-11,20H,4H2,1-3H3/b23-11-,24-17+. The molecule has 1 aliphatic heterocycles. The van der Waals surface area contributed by atoms with E-state index < -0.39 is 6.61 Å². The molecule has 2 aromatic rings. The first-order valence-electron chi connectivity index (χ1n) is 8.73. The molecule has 0 N–H and O–H groups in total. The van der Waals surface area contributed by atoms with Crippen LogP contribution in [0.1, 0.15) is 18.1 Å². The first-order valence-corrected chi connectivity index (χ1v) is 8.73. The molecule has 0 aliphatic carbocycles. The van der Waals surface area contributed by atoms with E-state index in [0.29, 0.717) is 17.7 Å². The van der Waals surface area contributed by atoms with Gasteiger partial charge in [0.15, 0.2) is 17.2 Å². The normalized spacial score (nSPS) is 14.8. The maximum atomic E-state index is 12.6. The lowest BCUT2D eigenvalue weighted by Crippen LogP contribution is -2.29. The van der Waals surface area contributed by atoms with Crippen LogP contribution in [0.3, 0.4) is 0 Å². The summed E-state index contributed by atoms with van der Waals surface area (Å²) in [6.45, 7) is -0.639. The largest absolute Gasteiger partial charge is 0.493 e. The van der Waals surface area contributed by atoms with E-state index in [1.165, 1.54) is 32.6 Å². The monoisotopic (exact) mass is 403 g/mol. The quantitative estimate of drug-likeness (QED) is 0.524.